The summed E-state index contributed by atoms with van der Waals surface area (Å²) in [6.45, 7) is 5.78. The second kappa shape index (κ2) is 8.39. The Morgan fingerprint density at radius 2 is 1.47 bits per heavy atom. The van der Waals surface area contributed by atoms with Crippen LogP contribution >= 0.6 is 0 Å². The minimum atomic E-state index is 0. The second-order valence-electron chi connectivity index (χ2n) is 3.06. The summed E-state index contributed by atoms with van der Waals surface area (Å²) in [5.74, 6) is 0. The molecule has 0 aromatic heterocycles. The van der Waals surface area contributed by atoms with Crippen LogP contribution in [0.25, 0.3) is 0 Å². The molecule has 2 aromatic carbocycles. The second-order valence-corrected chi connectivity index (χ2v) is 3.06. The summed E-state index contributed by atoms with van der Waals surface area (Å²) in [6, 6.07) is 20.7. The summed E-state index contributed by atoms with van der Waals surface area (Å²) < 4.78 is 0. The van der Waals surface area contributed by atoms with E-state index < -0.39 is 0 Å². The maximum atomic E-state index is 3.72. The molecule has 0 heterocycles. The van der Waals surface area contributed by atoms with Crippen LogP contribution in [0.5, 0.6) is 0 Å². The van der Waals surface area contributed by atoms with Gasteiger partial charge in [-0.2, -0.15) is 60.5 Å². The first-order valence-corrected chi connectivity index (χ1v) is 4.59. The maximum absolute atomic E-state index is 3.72. The summed E-state index contributed by atoms with van der Waals surface area (Å²) in [7, 11) is 0. The van der Waals surface area contributed by atoms with Crippen LogP contribution in [0.3, 0.4) is 0 Å². The number of rotatable bonds is 0. The van der Waals surface area contributed by atoms with E-state index in [-0.39, 0.29) is 23.1 Å². The molecular weight excluding hydrogens is 192 g/mol. The third-order valence-corrected chi connectivity index (χ3v) is 1.73. The SMILES string of the molecule is Cc1cc[c-]cc1.[CH2-]c1ccccc1.[Mg+2]. The smallest absolute Gasteiger partial charge is 0.199 e. The monoisotopic (exact) mass is 206 g/mol. The van der Waals surface area contributed by atoms with Crippen molar-refractivity contribution in [1.82, 2.24) is 0 Å². The van der Waals surface area contributed by atoms with Crippen LogP contribution in [-0.4, -0.2) is 23.1 Å². The summed E-state index contributed by atoms with van der Waals surface area (Å²) >= 11 is 0. The fourth-order valence-corrected chi connectivity index (χ4v) is 0.948. The fraction of sp³-hybridized carbons (Fsp3) is 0.0714. The van der Waals surface area contributed by atoms with Gasteiger partial charge >= 0.3 is 23.1 Å². The topological polar surface area (TPSA) is 0 Å². The molecule has 2 aromatic rings. The first-order valence-electron chi connectivity index (χ1n) is 4.59. The van der Waals surface area contributed by atoms with Crippen molar-refractivity contribution in [3.63, 3.8) is 0 Å². The van der Waals surface area contributed by atoms with E-state index >= 15 is 0 Å². The Hall–Kier alpha value is -0.924. The molecule has 0 amide bonds. The Labute approximate surface area is 108 Å². The minimum absolute atomic E-state index is 0. The van der Waals surface area contributed by atoms with Crippen molar-refractivity contribution >= 4 is 23.1 Å². The number of aryl methyl sites for hydroxylation is 1. The molecule has 15 heavy (non-hydrogen) atoms. The molecule has 1 heteroatoms. The van der Waals surface area contributed by atoms with Crippen LogP contribution in [0.4, 0.5) is 0 Å². The molecular formula is C14H14Mg. The molecule has 0 aliphatic rings. The summed E-state index contributed by atoms with van der Waals surface area (Å²) in [5.41, 5.74) is 2.36. The molecule has 2 rings (SSSR count). The van der Waals surface area contributed by atoms with Gasteiger partial charge in [0.25, 0.3) is 0 Å². The summed E-state index contributed by atoms with van der Waals surface area (Å²) in [5, 5.41) is 0. The third kappa shape index (κ3) is 7.06. The maximum Gasteiger partial charge on any atom is 2.00 e. The van der Waals surface area contributed by atoms with E-state index in [1.807, 2.05) is 54.6 Å². The molecule has 0 bridgehead atoms. The van der Waals surface area contributed by atoms with E-state index in [9.17, 15) is 0 Å². The van der Waals surface area contributed by atoms with Crippen LogP contribution < -0.4 is 0 Å². The first kappa shape index (κ1) is 14.1. The van der Waals surface area contributed by atoms with E-state index in [4.69, 9.17) is 0 Å². The molecule has 0 aliphatic carbocycles. The van der Waals surface area contributed by atoms with E-state index in [1.54, 1.807) is 0 Å². The van der Waals surface area contributed by atoms with Crippen molar-refractivity contribution in [2.45, 2.75) is 6.92 Å². The average Bonchev–Trinajstić information content (AvgIpc) is 2.21. The fourth-order valence-electron chi connectivity index (χ4n) is 0.948. The number of hydrogen-bond acceptors (Lipinski definition) is 0. The average molecular weight is 207 g/mol. The molecule has 72 valence electrons. The molecule has 0 aliphatic heterocycles. The van der Waals surface area contributed by atoms with Crippen molar-refractivity contribution in [3.8, 4) is 0 Å². The van der Waals surface area contributed by atoms with Crippen LogP contribution in [0.2, 0.25) is 0 Å². The van der Waals surface area contributed by atoms with Gasteiger partial charge in [-0.25, -0.2) is 0 Å². The van der Waals surface area contributed by atoms with Gasteiger partial charge in [-0.05, 0) is 0 Å². The Kier molecular flexibility index (Phi) is 7.87. The van der Waals surface area contributed by atoms with Gasteiger partial charge in [0.05, 0.1) is 0 Å². The van der Waals surface area contributed by atoms with Crippen molar-refractivity contribution < 1.29 is 0 Å². The molecule has 0 spiro atoms. The summed E-state index contributed by atoms with van der Waals surface area (Å²) in [6.07, 6.45) is 0. The van der Waals surface area contributed by atoms with Crippen molar-refractivity contribution in [1.29, 1.82) is 0 Å². The Morgan fingerprint density at radius 3 is 1.73 bits per heavy atom. The third-order valence-electron chi connectivity index (χ3n) is 1.73. The van der Waals surface area contributed by atoms with Gasteiger partial charge < -0.3 is 0 Å². The largest absolute Gasteiger partial charge is 2.00 e. The molecule has 0 radical (unpaired) electrons. The number of hydrogen-bond donors (Lipinski definition) is 0. The zero-order chi connectivity index (χ0) is 10.2. The van der Waals surface area contributed by atoms with Gasteiger partial charge in [0.1, 0.15) is 0 Å². The van der Waals surface area contributed by atoms with Crippen molar-refractivity contribution in [3.05, 3.63) is 78.7 Å². The van der Waals surface area contributed by atoms with Gasteiger partial charge in [0.2, 0.25) is 0 Å². The normalized spacial score (nSPS) is 8.07. The number of benzene rings is 2. The van der Waals surface area contributed by atoms with Gasteiger partial charge in [-0.3, -0.25) is 0 Å². The molecule has 0 saturated heterocycles. The van der Waals surface area contributed by atoms with Gasteiger partial charge in [-0.15, -0.1) is 12.1 Å². The molecule has 0 nitrogen and oxygen atoms in total. The molecule has 0 fully saturated rings. The van der Waals surface area contributed by atoms with Crippen LogP contribution in [0.1, 0.15) is 11.1 Å². The first-order chi connectivity index (χ1) is 6.79. The molecule has 0 atom stereocenters. The Morgan fingerprint density at radius 1 is 0.933 bits per heavy atom. The van der Waals surface area contributed by atoms with Gasteiger partial charge in [-0.1, -0.05) is 13.0 Å². The van der Waals surface area contributed by atoms with E-state index in [1.165, 1.54) is 5.56 Å². The van der Waals surface area contributed by atoms with Crippen molar-refractivity contribution in [2.75, 3.05) is 0 Å². The zero-order valence-electron chi connectivity index (χ0n) is 9.11. The van der Waals surface area contributed by atoms with Crippen LogP contribution in [0.15, 0.2) is 54.6 Å². The minimum Gasteiger partial charge on any atom is -0.199 e. The quantitative estimate of drug-likeness (QED) is 0.458. The van der Waals surface area contributed by atoms with Gasteiger partial charge in [0.15, 0.2) is 0 Å². The van der Waals surface area contributed by atoms with E-state index in [0.717, 1.165) is 5.56 Å². The van der Waals surface area contributed by atoms with Crippen molar-refractivity contribution in [2.24, 2.45) is 0 Å². The van der Waals surface area contributed by atoms with E-state index in [2.05, 4.69) is 19.9 Å². The van der Waals surface area contributed by atoms with Crippen LogP contribution in [-0.2, 0) is 0 Å². The van der Waals surface area contributed by atoms with Crippen LogP contribution in [0, 0.1) is 19.9 Å². The Bertz CT molecular complexity index is 303. The molecule has 0 N–H and O–H groups in total. The van der Waals surface area contributed by atoms with E-state index in [0.29, 0.717) is 0 Å². The molecule has 0 saturated carbocycles. The Balaban J connectivity index is 0.000000245. The standard InChI is InChI=1S/2C7H7.Mg/c2*1-7-5-3-2-4-6-7;/h3-6H,1H3;2-6H,1H2;/q2*-1;+2. The predicted molar refractivity (Wildman–Crippen MR) is 66.7 cm³/mol. The predicted octanol–water partition coefficient (Wildman–Crippen LogP) is 3.28. The van der Waals surface area contributed by atoms with Gasteiger partial charge in [0, 0.05) is 0 Å². The summed E-state index contributed by atoms with van der Waals surface area (Å²) in [4.78, 5) is 0. The molecule has 0 unspecified atom stereocenters. The zero-order valence-corrected chi connectivity index (χ0v) is 10.5.